The zero-order valence-electron chi connectivity index (χ0n) is 17.5. The molecule has 0 atom stereocenters. The Bertz CT molecular complexity index is 881. The molecule has 3 aromatic rings. The first-order valence-electron chi connectivity index (χ1n) is 10.5. The Morgan fingerprint density at radius 2 is 1.93 bits per heavy atom. The van der Waals surface area contributed by atoms with Gasteiger partial charge in [-0.15, -0.1) is 0 Å². The highest BCUT2D eigenvalue weighted by Gasteiger charge is 2.16. The summed E-state index contributed by atoms with van der Waals surface area (Å²) in [7, 11) is 0. The Hall–Kier alpha value is -3.28. The molecule has 1 aromatic heterocycles. The highest BCUT2D eigenvalue weighted by molar-refractivity contribution is 5.74. The largest absolute Gasteiger partial charge is 0.494 e. The summed E-state index contributed by atoms with van der Waals surface area (Å²) in [6.45, 7) is 5.15. The second kappa shape index (κ2) is 11.7. The van der Waals surface area contributed by atoms with Gasteiger partial charge in [0, 0.05) is 37.6 Å². The third kappa shape index (κ3) is 6.65. The second-order valence-corrected chi connectivity index (χ2v) is 7.08. The fourth-order valence-electron chi connectivity index (χ4n) is 3.32. The molecule has 6 nitrogen and oxygen atoms in total. The van der Waals surface area contributed by atoms with Crippen molar-refractivity contribution in [3.8, 4) is 5.75 Å². The number of para-hydroxylation sites is 1. The Balaban J connectivity index is 1.61. The van der Waals surface area contributed by atoms with Gasteiger partial charge in [0.05, 0.1) is 19.5 Å². The number of aromatic nitrogens is 2. The molecule has 30 heavy (non-hydrogen) atoms. The number of aryl methyl sites for hydroxylation is 1. The third-order valence-electron chi connectivity index (χ3n) is 4.86. The number of rotatable bonds is 11. The molecule has 0 saturated heterocycles. The fourth-order valence-corrected chi connectivity index (χ4v) is 3.32. The van der Waals surface area contributed by atoms with Crippen LogP contribution in [-0.4, -0.2) is 40.2 Å². The first-order valence-corrected chi connectivity index (χ1v) is 10.5. The fraction of sp³-hybridized carbons (Fsp3) is 0.333. The number of ether oxygens (including phenoxy) is 1. The number of nitrogens with zero attached hydrogens (tertiary/aromatic N) is 3. The minimum atomic E-state index is -0.0529. The van der Waals surface area contributed by atoms with Crippen molar-refractivity contribution in [1.82, 2.24) is 19.8 Å². The Morgan fingerprint density at radius 3 is 2.70 bits per heavy atom. The lowest BCUT2D eigenvalue weighted by Crippen LogP contribution is -2.41. The molecule has 2 amide bonds. The first kappa shape index (κ1) is 21.4. The van der Waals surface area contributed by atoms with Crippen molar-refractivity contribution in [1.29, 1.82) is 0 Å². The molecule has 0 unspecified atom stereocenters. The molecule has 0 aliphatic rings. The van der Waals surface area contributed by atoms with Gasteiger partial charge in [0.25, 0.3) is 0 Å². The van der Waals surface area contributed by atoms with Gasteiger partial charge in [0.1, 0.15) is 5.75 Å². The van der Waals surface area contributed by atoms with Crippen molar-refractivity contribution >= 4 is 6.03 Å². The third-order valence-corrected chi connectivity index (χ3v) is 4.86. The number of carbonyl (C=O) groups excluding carboxylic acids is 1. The summed E-state index contributed by atoms with van der Waals surface area (Å²) in [6.07, 6.45) is 7.17. The molecule has 0 aliphatic heterocycles. The lowest BCUT2D eigenvalue weighted by molar-refractivity contribution is 0.192. The molecule has 0 aliphatic carbocycles. The van der Waals surface area contributed by atoms with Crippen LogP contribution in [0.2, 0.25) is 0 Å². The van der Waals surface area contributed by atoms with E-state index in [0.717, 1.165) is 30.7 Å². The smallest absolute Gasteiger partial charge is 0.317 e. The van der Waals surface area contributed by atoms with E-state index in [1.807, 2.05) is 65.1 Å². The van der Waals surface area contributed by atoms with E-state index in [9.17, 15) is 4.79 Å². The van der Waals surface area contributed by atoms with Gasteiger partial charge in [0.2, 0.25) is 0 Å². The molecule has 1 N–H and O–H groups in total. The Morgan fingerprint density at radius 1 is 1.13 bits per heavy atom. The highest BCUT2D eigenvalue weighted by atomic mass is 16.5. The molecule has 0 saturated carbocycles. The van der Waals surface area contributed by atoms with E-state index in [1.54, 1.807) is 12.5 Å². The number of amides is 2. The molecule has 158 valence electrons. The average molecular weight is 407 g/mol. The number of carbonyl (C=O) groups is 1. The number of nitrogens with one attached hydrogen (secondary N) is 1. The molecule has 0 spiro atoms. The van der Waals surface area contributed by atoms with Crippen LogP contribution in [0.25, 0.3) is 0 Å². The van der Waals surface area contributed by atoms with E-state index in [1.165, 1.54) is 5.56 Å². The number of hydrogen-bond acceptors (Lipinski definition) is 3. The molecule has 2 aromatic carbocycles. The molecule has 6 heteroatoms. The lowest BCUT2D eigenvalue weighted by atomic mass is 10.1. The van der Waals surface area contributed by atoms with Gasteiger partial charge in [-0.2, -0.15) is 0 Å². The minimum absolute atomic E-state index is 0.0529. The molecular weight excluding hydrogens is 376 g/mol. The van der Waals surface area contributed by atoms with E-state index >= 15 is 0 Å². The molecule has 0 fully saturated rings. The van der Waals surface area contributed by atoms with Crippen LogP contribution in [0.1, 0.15) is 24.5 Å². The summed E-state index contributed by atoms with van der Waals surface area (Å²) in [6, 6.07) is 18.0. The van der Waals surface area contributed by atoms with E-state index in [-0.39, 0.29) is 6.03 Å². The molecule has 3 rings (SSSR count). The zero-order chi connectivity index (χ0) is 21.0. The zero-order valence-corrected chi connectivity index (χ0v) is 17.5. The maximum Gasteiger partial charge on any atom is 0.317 e. The SMILES string of the molecule is CCOc1ccccc1CN(CCCn1ccnc1)C(=O)NCCc1ccccc1. The van der Waals surface area contributed by atoms with Crippen LogP contribution >= 0.6 is 0 Å². The molecule has 1 heterocycles. The van der Waals surface area contributed by atoms with Gasteiger partial charge < -0.3 is 19.5 Å². The molecular formula is C24H30N4O2. The van der Waals surface area contributed by atoms with Gasteiger partial charge in [-0.05, 0) is 31.4 Å². The van der Waals surface area contributed by atoms with Gasteiger partial charge in [0.15, 0.2) is 0 Å². The number of hydrogen-bond donors (Lipinski definition) is 1. The van der Waals surface area contributed by atoms with Crippen LogP contribution < -0.4 is 10.1 Å². The first-order chi connectivity index (χ1) is 14.8. The maximum atomic E-state index is 13.0. The lowest BCUT2D eigenvalue weighted by Gasteiger charge is -2.24. The van der Waals surface area contributed by atoms with Crippen molar-refractivity contribution in [3.63, 3.8) is 0 Å². The highest BCUT2D eigenvalue weighted by Crippen LogP contribution is 2.20. The van der Waals surface area contributed by atoms with Gasteiger partial charge in [-0.25, -0.2) is 9.78 Å². The standard InChI is InChI=1S/C24H30N4O2/c1-2-30-23-12-7-6-11-22(23)19-28(17-8-16-27-18-15-25-20-27)24(29)26-14-13-21-9-4-3-5-10-21/h3-7,9-12,15,18,20H,2,8,13-14,16-17,19H2,1H3,(H,26,29). The monoisotopic (exact) mass is 406 g/mol. The summed E-state index contributed by atoms with van der Waals surface area (Å²) >= 11 is 0. The van der Waals surface area contributed by atoms with Crippen LogP contribution in [0, 0.1) is 0 Å². The summed E-state index contributed by atoms with van der Waals surface area (Å²) < 4.78 is 7.78. The predicted molar refractivity (Wildman–Crippen MR) is 118 cm³/mol. The summed E-state index contributed by atoms with van der Waals surface area (Å²) in [5, 5.41) is 3.07. The van der Waals surface area contributed by atoms with E-state index in [0.29, 0.717) is 26.2 Å². The maximum absolute atomic E-state index is 13.0. The van der Waals surface area contributed by atoms with Crippen LogP contribution in [-0.2, 0) is 19.5 Å². The number of benzene rings is 2. The van der Waals surface area contributed by atoms with Crippen LogP contribution in [0.15, 0.2) is 73.3 Å². The van der Waals surface area contributed by atoms with Crippen molar-refractivity contribution in [2.75, 3.05) is 19.7 Å². The summed E-state index contributed by atoms with van der Waals surface area (Å²) in [4.78, 5) is 18.9. The van der Waals surface area contributed by atoms with Crippen LogP contribution in [0.3, 0.4) is 0 Å². The summed E-state index contributed by atoms with van der Waals surface area (Å²) in [5.74, 6) is 0.830. The molecule has 0 radical (unpaired) electrons. The average Bonchev–Trinajstić information content (AvgIpc) is 3.29. The molecule has 0 bridgehead atoms. The topological polar surface area (TPSA) is 59.4 Å². The van der Waals surface area contributed by atoms with Crippen molar-refractivity contribution in [2.24, 2.45) is 0 Å². The van der Waals surface area contributed by atoms with Gasteiger partial charge in [-0.1, -0.05) is 48.5 Å². The van der Waals surface area contributed by atoms with Gasteiger partial charge in [-0.3, -0.25) is 0 Å². The Kier molecular flexibility index (Phi) is 8.33. The summed E-state index contributed by atoms with van der Waals surface area (Å²) in [5.41, 5.74) is 2.23. The van der Waals surface area contributed by atoms with Crippen molar-refractivity contribution in [3.05, 3.63) is 84.4 Å². The van der Waals surface area contributed by atoms with Crippen molar-refractivity contribution in [2.45, 2.75) is 32.9 Å². The van der Waals surface area contributed by atoms with Gasteiger partial charge >= 0.3 is 6.03 Å². The quantitative estimate of drug-likeness (QED) is 0.521. The Labute approximate surface area is 178 Å². The minimum Gasteiger partial charge on any atom is -0.494 e. The van der Waals surface area contributed by atoms with Crippen LogP contribution in [0.4, 0.5) is 4.79 Å². The van der Waals surface area contributed by atoms with Crippen LogP contribution in [0.5, 0.6) is 5.75 Å². The van der Waals surface area contributed by atoms with E-state index in [2.05, 4.69) is 22.4 Å². The van der Waals surface area contributed by atoms with E-state index < -0.39 is 0 Å². The van der Waals surface area contributed by atoms with Crippen molar-refractivity contribution < 1.29 is 9.53 Å². The second-order valence-electron chi connectivity index (χ2n) is 7.08. The number of urea groups is 1. The predicted octanol–water partition coefficient (Wildman–Crippen LogP) is 4.13. The normalized spacial score (nSPS) is 10.6. The number of imidazole rings is 1. The van der Waals surface area contributed by atoms with E-state index in [4.69, 9.17) is 4.74 Å².